The van der Waals surface area contributed by atoms with E-state index < -0.39 is 24.0 Å². The molecule has 0 radical (unpaired) electrons. The number of carboxylic acid groups (broad SMARTS) is 1. The van der Waals surface area contributed by atoms with Gasteiger partial charge in [0.1, 0.15) is 16.1 Å². The lowest BCUT2D eigenvalue weighted by Gasteiger charge is -2.23. The highest BCUT2D eigenvalue weighted by Crippen LogP contribution is 2.36. The predicted octanol–water partition coefficient (Wildman–Crippen LogP) is 4.33. The average Bonchev–Trinajstić information content (AvgIpc) is 3.04. The van der Waals surface area contributed by atoms with Crippen LogP contribution in [-0.2, 0) is 20.8 Å². The van der Waals surface area contributed by atoms with Crippen LogP contribution in [0.2, 0.25) is 0 Å². The predicted molar refractivity (Wildman–Crippen MR) is 128 cm³/mol. The van der Waals surface area contributed by atoms with Gasteiger partial charge >= 0.3 is 5.97 Å². The second-order valence-corrected chi connectivity index (χ2v) is 8.93. The molecule has 2 unspecified atom stereocenters. The van der Waals surface area contributed by atoms with Crippen molar-refractivity contribution in [3.05, 3.63) is 70.6 Å². The summed E-state index contributed by atoms with van der Waals surface area (Å²) in [5.41, 5.74) is 1.41. The van der Waals surface area contributed by atoms with Gasteiger partial charge < -0.3 is 9.84 Å². The van der Waals surface area contributed by atoms with Crippen LogP contribution in [-0.4, -0.2) is 44.1 Å². The smallest absolute Gasteiger partial charge is 0.327 e. The van der Waals surface area contributed by atoms with Crippen LogP contribution < -0.4 is 4.74 Å². The summed E-state index contributed by atoms with van der Waals surface area (Å²) in [6.45, 7) is 3.33. The lowest BCUT2D eigenvalue weighted by atomic mass is 10.0. The molecule has 6 nitrogen and oxygen atoms in total. The second-order valence-electron chi connectivity index (χ2n) is 7.26. The molecular formula is C24H23NO5S2. The zero-order valence-electron chi connectivity index (χ0n) is 17.7. The fourth-order valence-electron chi connectivity index (χ4n) is 3.33. The molecule has 166 valence electrons. The Hall–Kier alpha value is -2.97. The van der Waals surface area contributed by atoms with Gasteiger partial charge in [-0.05, 0) is 31.1 Å². The third-order valence-corrected chi connectivity index (χ3v) is 6.32. The molecule has 0 aromatic heterocycles. The van der Waals surface area contributed by atoms with Gasteiger partial charge in [0.2, 0.25) is 0 Å². The number of thiocarbonyl (C=S) groups is 1. The number of ketones is 1. The summed E-state index contributed by atoms with van der Waals surface area (Å²) >= 11 is 6.42. The minimum atomic E-state index is -1.12. The Morgan fingerprint density at radius 1 is 1.16 bits per heavy atom. The third-order valence-electron chi connectivity index (χ3n) is 4.99. The molecule has 3 rings (SSSR count). The molecule has 1 aliphatic rings. The highest BCUT2D eigenvalue weighted by atomic mass is 32.2. The number of aliphatic carboxylic acids is 1. The molecule has 0 spiro atoms. The van der Waals surface area contributed by atoms with E-state index in [1.165, 1.54) is 6.92 Å². The standard InChI is InChI=1S/C24H23NO5S2/c1-3-19(15(2)26)30-20-12-8-7-11-17(20)14-21-22(27)25(24(31)32-21)18(23(28)29)13-16-9-5-4-6-10-16/h4-12,14,18-19H,3,13H2,1-2H3,(H,28,29)/b21-14-. The lowest BCUT2D eigenvalue weighted by molar-refractivity contribution is -0.145. The minimum absolute atomic E-state index is 0.0844. The first kappa shape index (κ1) is 23.7. The Labute approximate surface area is 196 Å². The third kappa shape index (κ3) is 5.44. The van der Waals surface area contributed by atoms with Gasteiger partial charge in [-0.25, -0.2) is 4.79 Å². The summed E-state index contributed by atoms with van der Waals surface area (Å²) in [7, 11) is 0. The Kier molecular flexibility index (Phi) is 7.82. The van der Waals surface area contributed by atoms with E-state index in [9.17, 15) is 19.5 Å². The number of hydrogen-bond acceptors (Lipinski definition) is 6. The first-order valence-electron chi connectivity index (χ1n) is 10.1. The van der Waals surface area contributed by atoms with Gasteiger partial charge in [-0.2, -0.15) is 0 Å². The molecule has 1 aliphatic heterocycles. The van der Waals surface area contributed by atoms with Crippen LogP contribution in [0.3, 0.4) is 0 Å². The maximum atomic E-state index is 13.1. The summed E-state index contributed by atoms with van der Waals surface area (Å²) in [5, 5.41) is 9.79. The molecular weight excluding hydrogens is 446 g/mol. The average molecular weight is 470 g/mol. The number of hydrogen-bond donors (Lipinski definition) is 1. The van der Waals surface area contributed by atoms with E-state index in [2.05, 4.69) is 0 Å². The molecule has 32 heavy (non-hydrogen) atoms. The highest BCUT2D eigenvalue weighted by molar-refractivity contribution is 8.26. The summed E-state index contributed by atoms with van der Waals surface area (Å²) in [5.74, 6) is -1.20. The van der Waals surface area contributed by atoms with E-state index in [-0.39, 0.29) is 16.5 Å². The molecule has 2 atom stereocenters. The molecule has 2 aromatic carbocycles. The Morgan fingerprint density at radius 2 is 1.81 bits per heavy atom. The van der Waals surface area contributed by atoms with Crippen molar-refractivity contribution < 1.29 is 24.2 Å². The van der Waals surface area contributed by atoms with Crippen LogP contribution in [0.25, 0.3) is 6.08 Å². The molecule has 0 bridgehead atoms. The molecule has 1 fully saturated rings. The Morgan fingerprint density at radius 3 is 2.44 bits per heavy atom. The number of carboxylic acids is 1. The maximum Gasteiger partial charge on any atom is 0.327 e. The zero-order valence-corrected chi connectivity index (χ0v) is 19.3. The van der Waals surface area contributed by atoms with Crippen LogP contribution in [0.15, 0.2) is 59.5 Å². The molecule has 1 amide bonds. The van der Waals surface area contributed by atoms with Crippen molar-refractivity contribution in [2.45, 2.75) is 38.8 Å². The largest absolute Gasteiger partial charge is 0.482 e. The number of benzene rings is 2. The molecule has 2 aromatic rings. The Bertz CT molecular complexity index is 1070. The van der Waals surface area contributed by atoms with Crippen LogP contribution in [0, 0.1) is 0 Å². The van der Waals surface area contributed by atoms with Crippen molar-refractivity contribution >= 4 is 52.0 Å². The number of carbonyl (C=O) groups is 3. The quantitative estimate of drug-likeness (QED) is 0.432. The first-order valence-corrected chi connectivity index (χ1v) is 11.3. The fourth-order valence-corrected chi connectivity index (χ4v) is 4.68. The van der Waals surface area contributed by atoms with Crippen LogP contribution in [0.1, 0.15) is 31.4 Å². The Balaban J connectivity index is 1.88. The molecule has 0 saturated carbocycles. The van der Waals surface area contributed by atoms with Gasteiger partial charge in [0, 0.05) is 12.0 Å². The van der Waals surface area contributed by atoms with E-state index in [1.54, 1.807) is 30.3 Å². The maximum absolute atomic E-state index is 13.1. The second kappa shape index (κ2) is 10.6. The molecule has 1 heterocycles. The number of rotatable bonds is 9. The molecule has 8 heteroatoms. The van der Waals surface area contributed by atoms with E-state index in [1.807, 2.05) is 37.3 Å². The van der Waals surface area contributed by atoms with Crippen molar-refractivity contribution in [2.24, 2.45) is 0 Å². The number of nitrogens with zero attached hydrogens (tertiary/aromatic N) is 1. The van der Waals surface area contributed by atoms with Crippen LogP contribution in [0.5, 0.6) is 5.75 Å². The van der Waals surface area contributed by atoms with E-state index >= 15 is 0 Å². The van der Waals surface area contributed by atoms with Crippen molar-refractivity contribution in [1.82, 2.24) is 4.90 Å². The van der Waals surface area contributed by atoms with E-state index in [4.69, 9.17) is 17.0 Å². The number of amides is 1. The molecule has 1 saturated heterocycles. The SMILES string of the molecule is CCC(Oc1ccccc1/C=C1\SC(=S)N(C(Cc2ccccc2)C(=O)O)C1=O)C(C)=O. The molecule has 1 N–H and O–H groups in total. The first-order chi connectivity index (χ1) is 15.3. The topological polar surface area (TPSA) is 83.9 Å². The fraction of sp³-hybridized carbons (Fsp3) is 0.250. The summed E-state index contributed by atoms with van der Waals surface area (Å²) in [4.78, 5) is 38.4. The van der Waals surface area contributed by atoms with Gasteiger partial charge in [0.25, 0.3) is 5.91 Å². The van der Waals surface area contributed by atoms with Crippen LogP contribution in [0.4, 0.5) is 0 Å². The van der Waals surface area contributed by atoms with E-state index in [0.29, 0.717) is 22.6 Å². The lowest BCUT2D eigenvalue weighted by Crippen LogP contribution is -2.45. The summed E-state index contributed by atoms with van der Waals surface area (Å²) in [6, 6.07) is 15.1. The number of para-hydroxylation sites is 1. The highest BCUT2D eigenvalue weighted by Gasteiger charge is 2.40. The van der Waals surface area contributed by atoms with Gasteiger partial charge in [0.15, 0.2) is 11.9 Å². The number of thioether (sulfide) groups is 1. The van der Waals surface area contributed by atoms with Gasteiger partial charge in [-0.15, -0.1) is 0 Å². The van der Waals surface area contributed by atoms with Gasteiger partial charge in [0.05, 0.1) is 4.91 Å². The van der Waals surface area contributed by atoms with Gasteiger partial charge in [-0.1, -0.05) is 79.4 Å². The van der Waals surface area contributed by atoms with Crippen LogP contribution >= 0.6 is 24.0 Å². The number of Topliss-reactive ketones (excluding diaryl/α,β-unsaturated/α-hetero) is 1. The van der Waals surface area contributed by atoms with Gasteiger partial charge in [-0.3, -0.25) is 14.5 Å². The number of ether oxygens (including phenoxy) is 1. The zero-order chi connectivity index (χ0) is 23.3. The minimum Gasteiger partial charge on any atom is -0.482 e. The number of carbonyl (C=O) groups excluding carboxylic acids is 2. The normalized spacial score (nSPS) is 16.8. The van der Waals surface area contributed by atoms with E-state index in [0.717, 1.165) is 22.2 Å². The van der Waals surface area contributed by atoms with Crippen molar-refractivity contribution in [3.63, 3.8) is 0 Å². The van der Waals surface area contributed by atoms with Crippen molar-refractivity contribution in [1.29, 1.82) is 0 Å². The summed E-state index contributed by atoms with van der Waals surface area (Å²) < 4.78 is 6.06. The monoisotopic (exact) mass is 469 g/mol. The van der Waals surface area contributed by atoms with Crippen molar-refractivity contribution in [3.8, 4) is 5.75 Å². The van der Waals surface area contributed by atoms with Crippen molar-refractivity contribution in [2.75, 3.05) is 0 Å². The summed E-state index contributed by atoms with van der Waals surface area (Å²) in [6.07, 6.45) is 1.71. The molecule has 0 aliphatic carbocycles.